The Labute approximate surface area is 126 Å². The number of thioether (sulfide) groups is 1. The molecule has 0 saturated carbocycles. The predicted octanol–water partition coefficient (Wildman–Crippen LogP) is 3.38. The molecule has 0 radical (unpaired) electrons. The largest absolute Gasteiger partial charge is 0.478 e. The van der Waals surface area contributed by atoms with Gasteiger partial charge in [-0.1, -0.05) is 22.0 Å². The van der Waals surface area contributed by atoms with Gasteiger partial charge in [-0.25, -0.2) is 4.79 Å². The van der Waals surface area contributed by atoms with Gasteiger partial charge in [0.2, 0.25) is 0 Å². The highest BCUT2D eigenvalue weighted by molar-refractivity contribution is 9.10. The molecule has 1 aromatic rings. The van der Waals surface area contributed by atoms with Gasteiger partial charge in [0.05, 0.1) is 5.56 Å². The van der Waals surface area contributed by atoms with Gasteiger partial charge >= 0.3 is 5.97 Å². The Bertz CT molecular complexity index is 447. The first-order valence-electron chi connectivity index (χ1n) is 6.47. The Morgan fingerprint density at radius 2 is 2.16 bits per heavy atom. The van der Waals surface area contributed by atoms with Crippen LogP contribution < -0.4 is 5.32 Å². The molecule has 0 bridgehead atoms. The number of carboxylic acid groups (broad SMARTS) is 1. The lowest BCUT2D eigenvalue weighted by Crippen LogP contribution is -2.25. The minimum Gasteiger partial charge on any atom is -0.478 e. The van der Waals surface area contributed by atoms with Crippen molar-refractivity contribution in [1.29, 1.82) is 0 Å². The van der Waals surface area contributed by atoms with Crippen LogP contribution in [-0.4, -0.2) is 29.1 Å². The fourth-order valence-electron chi connectivity index (χ4n) is 2.19. The number of rotatable bonds is 5. The van der Waals surface area contributed by atoms with Crippen LogP contribution in [-0.2, 0) is 6.54 Å². The highest BCUT2D eigenvalue weighted by atomic mass is 79.9. The molecule has 1 saturated heterocycles. The van der Waals surface area contributed by atoms with Crippen molar-refractivity contribution in [2.24, 2.45) is 5.92 Å². The van der Waals surface area contributed by atoms with Gasteiger partial charge in [-0.05, 0) is 54.5 Å². The van der Waals surface area contributed by atoms with Gasteiger partial charge in [-0.2, -0.15) is 11.8 Å². The van der Waals surface area contributed by atoms with Gasteiger partial charge in [0.25, 0.3) is 0 Å². The molecule has 1 fully saturated rings. The molecule has 0 spiro atoms. The molecule has 3 nitrogen and oxygen atoms in total. The SMILES string of the molecule is O=C(O)c1ccc(CNCC2CCSCC2)c(Br)c1. The zero-order valence-electron chi connectivity index (χ0n) is 10.7. The number of hydrogen-bond acceptors (Lipinski definition) is 3. The van der Waals surface area contributed by atoms with E-state index in [9.17, 15) is 4.79 Å². The molecule has 0 aliphatic carbocycles. The summed E-state index contributed by atoms with van der Waals surface area (Å²) in [6.45, 7) is 1.83. The van der Waals surface area contributed by atoms with E-state index in [0.717, 1.165) is 29.0 Å². The summed E-state index contributed by atoms with van der Waals surface area (Å²) in [7, 11) is 0. The summed E-state index contributed by atoms with van der Waals surface area (Å²) in [5, 5.41) is 12.4. The van der Waals surface area contributed by atoms with E-state index >= 15 is 0 Å². The van der Waals surface area contributed by atoms with E-state index < -0.39 is 5.97 Å². The first-order chi connectivity index (χ1) is 9.16. The van der Waals surface area contributed by atoms with E-state index in [1.807, 2.05) is 17.8 Å². The summed E-state index contributed by atoms with van der Waals surface area (Å²) in [6.07, 6.45) is 2.60. The summed E-state index contributed by atoms with van der Waals surface area (Å²) in [4.78, 5) is 10.8. The molecule has 1 aromatic carbocycles. The fourth-order valence-corrected chi connectivity index (χ4v) is 3.91. The number of benzene rings is 1. The molecule has 104 valence electrons. The molecule has 2 rings (SSSR count). The Kier molecular flexibility index (Phi) is 5.73. The van der Waals surface area contributed by atoms with Crippen LogP contribution in [0.2, 0.25) is 0 Å². The number of hydrogen-bond donors (Lipinski definition) is 2. The lowest BCUT2D eigenvalue weighted by molar-refractivity contribution is 0.0697. The Hall–Kier alpha value is -0.520. The van der Waals surface area contributed by atoms with Crippen molar-refractivity contribution in [3.05, 3.63) is 33.8 Å². The van der Waals surface area contributed by atoms with Crippen molar-refractivity contribution >= 4 is 33.7 Å². The second-order valence-electron chi connectivity index (χ2n) is 4.80. The molecule has 0 aromatic heterocycles. The average molecular weight is 344 g/mol. The molecule has 5 heteroatoms. The molecular formula is C14H18BrNO2S. The van der Waals surface area contributed by atoms with Crippen LogP contribution in [0, 0.1) is 5.92 Å². The minimum atomic E-state index is -0.889. The summed E-state index contributed by atoms with van der Waals surface area (Å²) in [5.74, 6) is 2.46. The molecule has 19 heavy (non-hydrogen) atoms. The number of carboxylic acids is 1. The number of halogens is 1. The van der Waals surface area contributed by atoms with Crippen molar-refractivity contribution < 1.29 is 9.90 Å². The summed E-state index contributed by atoms with van der Waals surface area (Å²) in [6, 6.07) is 5.19. The van der Waals surface area contributed by atoms with Gasteiger partial charge in [-0.15, -0.1) is 0 Å². The van der Waals surface area contributed by atoms with Gasteiger partial charge in [0, 0.05) is 11.0 Å². The fraction of sp³-hybridized carbons (Fsp3) is 0.500. The maximum Gasteiger partial charge on any atom is 0.335 e. The third-order valence-corrected chi connectivity index (χ3v) is 5.18. The van der Waals surface area contributed by atoms with Crippen molar-refractivity contribution in [3.63, 3.8) is 0 Å². The predicted molar refractivity (Wildman–Crippen MR) is 82.9 cm³/mol. The highest BCUT2D eigenvalue weighted by Gasteiger charge is 2.13. The molecule has 0 unspecified atom stereocenters. The summed E-state index contributed by atoms with van der Waals surface area (Å²) < 4.78 is 0.860. The van der Waals surface area contributed by atoms with E-state index in [-0.39, 0.29) is 0 Å². The van der Waals surface area contributed by atoms with E-state index in [1.54, 1.807) is 12.1 Å². The first kappa shape index (κ1) is 14.9. The summed E-state index contributed by atoms with van der Waals surface area (Å²) >= 11 is 5.48. The van der Waals surface area contributed by atoms with Crippen molar-refractivity contribution in [3.8, 4) is 0 Å². The van der Waals surface area contributed by atoms with Gasteiger partial charge in [-0.3, -0.25) is 0 Å². The van der Waals surface area contributed by atoms with Crippen LogP contribution in [0.1, 0.15) is 28.8 Å². The maximum atomic E-state index is 10.8. The van der Waals surface area contributed by atoms with Crippen LogP contribution in [0.4, 0.5) is 0 Å². The minimum absolute atomic E-state index is 0.319. The number of carbonyl (C=O) groups is 1. The number of aromatic carboxylic acids is 1. The standard InChI is InChI=1S/C14H18BrNO2S/c15-13-7-11(14(17)18)1-2-12(13)9-16-8-10-3-5-19-6-4-10/h1-2,7,10,16H,3-6,8-9H2,(H,17,18). The molecule has 1 aliphatic heterocycles. The van der Waals surface area contributed by atoms with E-state index in [2.05, 4.69) is 21.2 Å². The van der Waals surface area contributed by atoms with Crippen molar-refractivity contribution in [2.75, 3.05) is 18.1 Å². The van der Waals surface area contributed by atoms with Gasteiger partial charge < -0.3 is 10.4 Å². The first-order valence-corrected chi connectivity index (χ1v) is 8.42. The van der Waals surface area contributed by atoms with Crippen LogP contribution in [0.25, 0.3) is 0 Å². The Morgan fingerprint density at radius 3 is 2.79 bits per heavy atom. The van der Waals surface area contributed by atoms with E-state index in [0.29, 0.717) is 5.56 Å². The Balaban J connectivity index is 1.83. The topological polar surface area (TPSA) is 49.3 Å². The Morgan fingerprint density at radius 1 is 1.42 bits per heavy atom. The molecule has 1 aliphatic rings. The van der Waals surface area contributed by atoms with Crippen LogP contribution in [0.3, 0.4) is 0 Å². The quantitative estimate of drug-likeness (QED) is 0.860. The molecule has 2 N–H and O–H groups in total. The monoisotopic (exact) mass is 343 g/mol. The molecular weight excluding hydrogens is 326 g/mol. The van der Waals surface area contributed by atoms with Crippen LogP contribution in [0.5, 0.6) is 0 Å². The molecule has 0 amide bonds. The normalized spacial score (nSPS) is 16.5. The zero-order valence-corrected chi connectivity index (χ0v) is 13.1. The third kappa shape index (κ3) is 4.51. The van der Waals surface area contributed by atoms with Crippen LogP contribution in [0.15, 0.2) is 22.7 Å². The molecule has 1 heterocycles. The second kappa shape index (κ2) is 7.31. The number of nitrogens with one attached hydrogen (secondary N) is 1. The lowest BCUT2D eigenvalue weighted by Gasteiger charge is -2.21. The lowest BCUT2D eigenvalue weighted by atomic mass is 10.0. The van der Waals surface area contributed by atoms with E-state index in [4.69, 9.17) is 5.11 Å². The smallest absolute Gasteiger partial charge is 0.335 e. The highest BCUT2D eigenvalue weighted by Crippen LogP contribution is 2.22. The van der Waals surface area contributed by atoms with Crippen LogP contribution >= 0.6 is 27.7 Å². The van der Waals surface area contributed by atoms with Crippen molar-refractivity contribution in [1.82, 2.24) is 5.32 Å². The van der Waals surface area contributed by atoms with E-state index in [1.165, 1.54) is 24.3 Å². The summed E-state index contributed by atoms with van der Waals surface area (Å²) in [5.41, 5.74) is 1.43. The van der Waals surface area contributed by atoms with Crippen molar-refractivity contribution in [2.45, 2.75) is 19.4 Å². The second-order valence-corrected chi connectivity index (χ2v) is 6.88. The molecule has 0 atom stereocenters. The average Bonchev–Trinajstić information content (AvgIpc) is 2.41. The zero-order chi connectivity index (χ0) is 13.7. The maximum absolute atomic E-state index is 10.8. The third-order valence-electron chi connectivity index (χ3n) is 3.39. The van der Waals surface area contributed by atoms with Gasteiger partial charge in [0.1, 0.15) is 0 Å². The van der Waals surface area contributed by atoms with Gasteiger partial charge in [0.15, 0.2) is 0 Å².